The molecule has 0 unspecified atom stereocenters. The topological polar surface area (TPSA) is 17.1 Å². The third-order valence-corrected chi connectivity index (χ3v) is 3.47. The van der Waals surface area contributed by atoms with E-state index < -0.39 is 29.3 Å². The van der Waals surface area contributed by atoms with Crippen molar-refractivity contribution < 1.29 is 31.1 Å². The van der Waals surface area contributed by atoms with Crippen LogP contribution in [0.15, 0.2) is 36.4 Å². The van der Waals surface area contributed by atoms with Crippen LogP contribution in [0.5, 0.6) is 0 Å². The Bertz CT molecular complexity index is 720. The summed E-state index contributed by atoms with van der Waals surface area (Å²) in [6.45, 7) is 0. The van der Waals surface area contributed by atoms with E-state index in [1.54, 1.807) is 0 Å². The minimum absolute atomic E-state index is 0.210. The van der Waals surface area contributed by atoms with Gasteiger partial charge in [0.25, 0.3) is 0 Å². The van der Waals surface area contributed by atoms with Crippen molar-refractivity contribution in [3.63, 3.8) is 0 Å². The van der Waals surface area contributed by atoms with E-state index in [1.165, 1.54) is 0 Å². The predicted molar refractivity (Wildman–Crippen MR) is 65.3 cm³/mol. The Morgan fingerprint density at radius 3 is 1.27 bits per heavy atom. The van der Waals surface area contributed by atoms with Gasteiger partial charge in [-0.2, -0.15) is 26.3 Å². The molecule has 0 bridgehead atoms. The first kappa shape index (κ1) is 14.6. The van der Waals surface area contributed by atoms with E-state index in [4.69, 9.17) is 0 Å². The van der Waals surface area contributed by atoms with Crippen LogP contribution in [0.4, 0.5) is 26.3 Å². The molecule has 0 aromatic heterocycles. The predicted octanol–water partition coefficient (Wildman–Crippen LogP) is 4.94. The number of carbonyl (C=O) groups is 1. The maximum absolute atomic E-state index is 12.7. The molecule has 0 saturated heterocycles. The molecule has 0 amide bonds. The van der Waals surface area contributed by atoms with Crippen LogP contribution < -0.4 is 0 Å². The van der Waals surface area contributed by atoms with Gasteiger partial charge in [0.05, 0.1) is 11.1 Å². The summed E-state index contributed by atoms with van der Waals surface area (Å²) in [6, 6.07) is 5.16. The largest absolute Gasteiger partial charge is 0.416 e. The summed E-state index contributed by atoms with van der Waals surface area (Å²) in [5.74, 6) is -0.831. The highest BCUT2D eigenvalue weighted by atomic mass is 19.4. The van der Waals surface area contributed by atoms with Crippen molar-refractivity contribution in [2.75, 3.05) is 0 Å². The molecule has 3 rings (SSSR count). The first-order valence-electron chi connectivity index (χ1n) is 6.06. The second-order valence-corrected chi connectivity index (χ2v) is 4.85. The van der Waals surface area contributed by atoms with E-state index in [0.717, 1.165) is 24.3 Å². The first-order chi connectivity index (χ1) is 10.1. The van der Waals surface area contributed by atoms with Gasteiger partial charge < -0.3 is 0 Å². The minimum atomic E-state index is -4.62. The zero-order chi connectivity index (χ0) is 16.3. The van der Waals surface area contributed by atoms with Crippen molar-refractivity contribution in [2.45, 2.75) is 12.4 Å². The first-order valence-corrected chi connectivity index (χ1v) is 6.06. The molecule has 0 fully saturated rings. The Labute approximate surface area is 120 Å². The second-order valence-electron chi connectivity index (χ2n) is 4.85. The van der Waals surface area contributed by atoms with Crippen LogP contribution in [0.3, 0.4) is 0 Å². The average molecular weight is 316 g/mol. The van der Waals surface area contributed by atoms with Gasteiger partial charge in [0.15, 0.2) is 5.78 Å². The number of hydrogen-bond donors (Lipinski definition) is 0. The van der Waals surface area contributed by atoms with Crippen LogP contribution in [-0.4, -0.2) is 5.78 Å². The van der Waals surface area contributed by atoms with E-state index in [0.29, 0.717) is 12.1 Å². The highest BCUT2D eigenvalue weighted by Gasteiger charge is 2.37. The van der Waals surface area contributed by atoms with Crippen molar-refractivity contribution in [1.29, 1.82) is 0 Å². The quantitative estimate of drug-likeness (QED) is 0.537. The number of rotatable bonds is 0. The van der Waals surface area contributed by atoms with Crippen molar-refractivity contribution >= 4 is 5.78 Å². The third-order valence-electron chi connectivity index (χ3n) is 3.47. The third kappa shape index (κ3) is 2.17. The maximum atomic E-state index is 12.7. The van der Waals surface area contributed by atoms with Crippen LogP contribution in [0.25, 0.3) is 11.1 Å². The van der Waals surface area contributed by atoms with Crippen LogP contribution in [0, 0.1) is 0 Å². The molecular weight excluding hydrogens is 310 g/mol. The Kier molecular flexibility index (Phi) is 2.89. The van der Waals surface area contributed by atoms with Gasteiger partial charge in [-0.3, -0.25) is 4.79 Å². The van der Waals surface area contributed by atoms with Crippen LogP contribution in [0.2, 0.25) is 0 Å². The highest BCUT2D eigenvalue weighted by Crippen LogP contribution is 2.42. The average Bonchev–Trinajstić information content (AvgIpc) is 2.70. The number of fused-ring (bicyclic) bond motifs is 3. The van der Waals surface area contributed by atoms with Gasteiger partial charge >= 0.3 is 12.4 Å². The van der Waals surface area contributed by atoms with Crippen molar-refractivity contribution in [3.05, 3.63) is 58.7 Å². The summed E-state index contributed by atoms with van der Waals surface area (Å²) in [5, 5.41) is 0. The molecule has 0 saturated carbocycles. The lowest BCUT2D eigenvalue weighted by Gasteiger charge is -2.08. The van der Waals surface area contributed by atoms with Gasteiger partial charge in [-0.1, -0.05) is 12.1 Å². The van der Waals surface area contributed by atoms with Crippen LogP contribution >= 0.6 is 0 Å². The molecule has 1 nitrogen and oxygen atoms in total. The maximum Gasteiger partial charge on any atom is 0.416 e. The molecule has 0 heterocycles. The van der Waals surface area contributed by atoms with Gasteiger partial charge in [-0.05, 0) is 35.4 Å². The Hall–Kier alpha value is -2.31. The lowest BCUT2D eigenvalue weighted by atomic mass is 10.0. The fourth-order valence-electron chi connectivity index (χ4n) is 2.43. The fourth-order valence-corrected chi connectivity index (χ4v) is 2.43. The molecule has 1 aliphatic rings. The van der Waals surface area contributed by atoms with Crippen molar-refractivity contribution in [3.8, 4) is 11.1 Å². The zero-order valence-corrected chi connectivity index (χ0v) is 10.6. The number of halogens is 6. The number of benzene rings is 2. The Morgan fingerprint density at radius 1 is 0.591 bits per heavy atom. The number of hydrogen-bond acceptors (Lipinski definition) is 1. The second kappa shape index (κ2) is 4.34. The summed E-state index contributed by atoms with van der Waals surface area (Å²) in [5.41, 5.74) is -2.07. The lowest BCUT2D eigenvalue weighted by Crippen LogP contribution is -2.07. The number of carbonyl (C=O) groups excluding carboxylic acids is 1. The van der Waals surface area contributed by atoms with E-state index in [9.17, 15) is 31.1 Å². The lowest BCUT2D eigenvalue weighted by molar-refractivity contribution is -0.138. The molecule has 0 spiro atoms. The van der Waals surface area contributed by atoms with Crippen LogP contribution in [-0.2, 0) is 12.4 Å². The molecule has 0 radical (unpaired) electrons. The van der Waals surface area contributed by atoms with Crippen LogP contribution in [0.1, 0.15) is 27.0 Å². The molecule has 114 valence electrons. The molecule has 2 aromatic carbocycles. The molecule has 0 aliphatic heterocycles. The molecule has 0 atom stereocenters. The zero-order valence-electron chi connectivity index (χ0n) is 10.6. The van der Waals surface area contributed by atoms with Gasteiger partial charge in [0.1, 0.15) is 0 Å². The highest BCUT2D eigenvalue weighted by molar-refractivity contribution is 6.21. The summed E-state index contributed by atoms with van der Waals surface area (Å²) in [7, 11) is 0. The van der Waals surface area contributed by atoms with E-state index in [-0.39, 0.29) is 22.3 Å². The molecule has 0 N–H and O–H groups in total. The summed E-state index contributed by atoms with van der Waals surface area (Å²) >= 11 is 0. The van der Waals surface area contributed by atoms with Gasteiger partial charge in [0.2, 0.25) is 0 Å². The minimum Gasteiger partial charge on any atom is -0.289 e. The normalized spacial score (nSPS) is 14.0. The SMILES string of the molecule is O=C1c2cc(C(F)(F)F)ccc2-c2ccc(C(F)(F)F)cc21. The monoisotopic (exact) mass is 316 g/mol. The smallest absolute Gasteiger partial charge is 0.289 e. The molecule has 1 aliphatic carbocycles. The Morgan fingerprint density at radius 2 is 0.955 bits per heavy atom. The van der Waals surface area contributed by atoms with E-state index in [2.05, 4.69) is 0 Å². The van der Waals surface area contributed by atoms with E-state index in [1.807, 2.05) is 0 Å². The van der Waals surface area contributed by atoms with Gasteiger partial charge in [-0.25, -0.2) is 0 Å². The van der Waals surface area contributed by atoms with Gasteiger partial charge in [0, 0.05) is 11.1 Å². The van der Waals surface area contributed by atoms with Crippen molar-refractivity contribution in [2.24, 2.45) is 0 Å². The summed E-state index contributed by atoms with van der Waals surface area (Å²) in [6.07, 6.45) is -9.25. The summed E-state index contributed by atoms with van der Waals surface area (Å²) < 4.78 is 76.0. The van der Waals surface area contributed by atoms with E-state index >= 15 is 0 Å². The fraction of sp³-hybridized carbons (Fsp3) is 0.133. The molecular formula is C15H6F6O. The molecule has 7 heteroatoms. The summed E-state index contributed by atoms with van der Waals surface area (Å²) in [4.78, 5) is 12.1. The van der Waals surface area contributed by atoms with Crippen molar-refractivity contribution in [1.82, 2.24) is 0 Å². The number of ketones is 1. The molecule has 2 aromatic rings. The number of alkyl halides is 6. The Balaban J connectivity index is 2.16. The standard InChI is InChI=1S/C15H6F6O/c16-14(17,18)7-1-3-9-10-4-2-8(15(19,20)21)6-12(10)13(22)11(9)5-7/h1-6H. The molecule has 22 heavy (non-hydrogen) atoms. The van der Waals surface area contributed by atoms with Gasteiger partial charge in [-0.15, -0.1) is 0 Å².